The summed E-state index contributed by atoms with van der Waals surface area (Å²) in [6.45, 7) is -0.416. The maximum Gasteiger partial charge on any atom is 0.331 e. The minimum absolute atomic E-state index is 0.0519. The van der Waals surface area contributed by atoms with E-state index in [4.69, 9.17) is 14.3 Å². The van der Waals surface area contributed by atoms with Crippen molar-refractivity contribution in [2.75, 3.05) is 27.4 Å². The van der Waals surface area contributed by atoms with Gasteiger partial charge in [-0.2, -0.15) is 5.06 Å². The summed E-state index contributed by atoms with van der Waals surface area (Å²) in [6, 6.07) is 7.03. The Morgan fingerprint density at radius 3 is 2.26 bits per heavy atom. The third-order valence-electron chi connectivity index (χ3n) is 3.60. The predicted octanol–water partition coefficient (Wildman–Crippen LogP) is 0.869. The molecule has 0 N–H and O–H groups in total. The predicted molar refractivity (Wildman–Crippen MR) is 105 cm³/mol. The molecule has 1 aromatic carbocycles. The Hall–Kier alpha value is -4.15. The molecule has 0 radical (unpaired) electrons. The van der Waals surface area contributed by atoms with Gasteiger partial charge in [-0.15, -0.1) is 0 Å². The van der Waals surface area contributed by atoms with E-state index in [1.807, 2.05) is 0 Å². The number of carbonyl (C=O) groups is 4. The molecular weight excluding hydrogens is 412 g/mol. The first-order chi connectivity index (χ1) is 14.9. The van der Waals surface area contributed by atoms with Crippen LogP contribution in [0.3, 0.4) is 0 Å². The van der Waals surface area contributed by atoms with Crippen LogP contribution in [0.4, 0.5) is 5.69 Å². The molecule has 0 aromatic heterocycles. The van der Waals surface area contributed by atoms with Gasteiger partial charge in [0.1, 0.15) is 18.6 Å². The van der Waals surface area contributed by atoms with Crippen LogP contribution in [0.5, 0.6) is 5.75 Å². The summed E-state index contributed by atoms with van der Waals surface area (Å²) in [5, 5.41) is 1.29. The molecule has 1 aliphatic rings. The normalized spacial score (nSPS) is 13.3. The van der Waals surface area contributed by atoms with Crippen LogP contribution in [0.1, 0.15) is 0 Å². The highest BCUT2D eigenvalue weighted by Crippen LogP contribution is 2.29. The highest BCUT2D eigenvalue weighted by molar-refractivity contribution is 5.92. The molecule has 31 heavy (non-hydrogen) atoms. The fourth-order valence-electron chi connectivity index (χ4n) is 2.16. The molecule has 0 bridgehead atoms. The molecular formula is C20H20N2O9. The quantitative estimate of drug-likeness (QED) is 0.315. The maximum absolute atomic E-state index is 12.0. The molecule has 0 fully saturated rings. The summed E-state index contributed by atoms with van der Waals surface area (Å²) in [5.74, 6) is -2.71. The number of ether oxygens (including phenoxy) is 4. The van der Waals surface area contributed by atoms with Crippen LogP contribution in [-0.4, -0.2) is 68.8 Å². The number of esters is 4. The molecule has 1 aromatic rings. The maximum atomic E-state index is 12.0. The van der Waals surface area contributed by atoms with Gasteiger partial charge in [0, 0.05) is 24.3 Å². The van der Waals surface area contributed by atoms with Crippen LogP contribution >= 0.6 is 0 Å². The van der Waals surface area contributed by atoms with Crippen LogP contribution in [0.15, 0.2) is 53.6 Å². The van der Waals surface area contributed by atoms with E-state index < -0.39 is 30.0 Å². The first kappa shape index (κ1) is 23.1. The van der Waals surface area contributed by atoms with Crippen molar-refractivity contribution in [1.29, 1.82) is 0 Å². The van der Waals surface area contributed by atoms with Gasteiger partial charge in [-0.05, 0) is 12.1 Å². The van der Waals surface area contributed by atoms with Gasteiger partial charge < -0.3 is 23.8 Å². The second-order valence-corrected chi connectivity index (χ2v) is 5.81. The molecule has 0 amide bonds. The number of hydrogen-bond acceptors (Lipinski definition) is 11. The summed E-state index contributed by atoms with van der Waals surface area (Å²) < 4.78 is 19.0. The highest BCUT2D eigenvalue weighted by atomic mass is 16.7. The largest absolute Gasteiger partial charge is 0.466 e. The van der Waals surface area contributed by atoms with Crippen molar-refractivity contribution in [2.24, 2.45) is 4.99 Å². The van der Waals surface area contributed by atoms with Crippen LogP contribution in [0.2, 0.25) is 0 Å². The first-order valence-corrected chi connectivity index (χ1v) is 8.88. The number of carbonyl (C=O) groups excluding carboxylic acids is 4. The Morgan fingerprint density at radius 2 is 1.58 bits per heavy atom. The van der Waals surface area contributed by atoms with Crippen molar-refractivity contribution in [1.82, 2.24) is 5.06 Å². The highest BCUT2D eigenvalue weighted by Gasteiger charge is 2.22. The van der Waals surface area contributed by atoms with E-state index in [9.17, 15) is 19.2 Å². The topological polar surface area (TPSA) is 130 Å². The number of methoxy groups -OCH3 is 2. The van der Waals surface area contributed by atoms with Gasteiger partial charge in [0.25, 0.3) is 0 Å². The number of benzene rings is 1. The van der Waals surface area contributed by atoms with Crippen LogP contribution in [0, 0.1) is 0 Å². The van der Waals surface area contributed by atoms with E-state index >= 15 is 0 Å². The molecule has 0 saturated heterocycles. The fourth-order valence-corrected chi connectivity index (χ4v) is 2.16. The average molecular weight is 432 g/mol. The minimum Gasteiger partial charge on any atom is -0.466 e. The standard InChI is InChI=1S/C20H20N2O9/c1-27-17(23)7-9-19(25)29-12-14(30-20(26)10-8-18(24)28-2)11-22-13-21-15-5-3-4-6-16(15)31-22/h3-10,13-14H,11-12H2,1-2H3/b9-7+,10-8+. The van der Waals surface area contributed by atoms with Gasteiger partial charge in [0.15, 0.2) is 11.9 Å². The van der Waals surface area contributed by atoms with Crippen molar-refractivity contribution in [2.45, 2.75) is 6.10 Å². The number of aliphatic imine (C=N–C) groups is 1. The van der Waals surface area contributed by atoms with Gasteiger partial charge in [-0.25, -0.2) is 24.2 Å². The van der Waals surface area contributed by atoms with Gasteiger partial charge in [-0.1, -0.05) is 12.1 Å². The summed E-state index contributed by atoms with van der Waals surface area (Å²) in [4.78, 5) is 55.8. The Labute approximate surface area is 177 Å². The zero-order valence-corrected chi connectivity index (χ0v) is 16.8. The molecule has 11 nitrogen and oxygen atoms in total. The fraction of sp³-hybridized carbons (Fsp3) is 0.250. The molecule has 0 spiro atoms. The molecule has 1 unspecified atom stereocenters. The van der Waals surface area contributed by atoms with Gasteiger partial charge in [-0.3, -0.25) is 0 Å². The van der Waals surface area contributed by atoms with Crippen molar-refractivity contribution in [3.63, 3.8) is 0 Å². The molecule has 1 aliphatic heterocycles. The Kier molecular flexibility index (Phi) is 8.77. The second kappa shape index (κ2) is 11.8. The van der Waals surface area contributed by atoms with E-state index in [1.165, 1.54) is 11.4 Å². The van der Waals surface area contributed by atoms with E-state index in [2.05, 4.69) is 14.5 Å². The minimum atomic E-state index is -0.998. The number of fused-ring (bicyclic) bond motifs is 1. The summed E-state index contributed by atoms with van der Waals surface area (Å²) >= 11 is 0. The number of para-hydroxylation sites is 2. The lowest BCUT2D eigenvalue weighted by Gasteiger charge is -2.27. The third-order valence-corrected chi connectivity index (χ3v) is 3.60. The Morgan fingerprint density at radius 1 is 0.968 bits per heavy atom. The molecule has 164 valence electrons. The number of rotatable bonds is 9. The molecule has 0 saturated carbocycles. The van der Waals surface area contributed by atoms with E-state index in [1.54, 1.807) is 24.3 Å². The van der Waals surface area contributed by atoms with Gasteiger partial charge >= 0.3 is 23.9 Å². The Bertz CT molecular complexity index is 908. The van der Waals surface area contributed by atoms with Crippen molar-refractivity contribution < 1.29 is 43.0 Å². The van der Waals surface area contributed by atoms with Gasteiger partial charge in [0.05, 0.1) is 20.8 Å². The van der Waals surface area contributed by atoms with Crippen molar-refractivity contribution in [3.05, 3.63) is 48.6 Å². The van der Waals surface area contributed by atoms with Crippen molar-refractivity contribution >= 4 is 35.9 Å². The SMILES string of the molecule is COC(=O)/C=C/C(=O)OCC(CN1C=Nc2ccccc2O1)OC(=O)/C=C/C(=O)OC. The summed E-state index contributed by atoms with van der Waals surface area (Å²) in [7, 11) is 2.32. The lowest BCUT2D eigenvalue weighted by molar-refractivity contribution is -0.156. The monoisotopic (exact) mass is 432 g/mol. The second-order valence-electron chi connectivity index (χ2n) is 5.81. The lowest BCUT2D eigenvalue weighted by atomic mass is 10.3. The summed E-state index contributed by atoms with van der Waals surface area (Å²) in [6.07, 6.45) is 3.91. The third kappa shape index (κ3) is 8.01. The zero-order valence-electron chi connectivity index (χ0n) is 16.8. The Balaban J connectivity index is 2.01. The first-order valence-electron chi connectivity index (χ1n) is 8.88. The van der Waals surface area contributed by atoms with Crippen LogP contribution < -0.4 is 4.84 Å². The number of hydroxylamine groups is 2. The molecule has 0 aliphatic carbocycles. The number of hydrogen-bond donors (Lipinski definition) is 0. The average Bonchev–Trinajstić information content (AvgIpc) is 2.79. The molecule has 2 rings (SSSR count). The number of nitrogens with zero attached hydrogens (tertiary/aromatic N) is 2. The van der Waals surface area contributed by atoms with Crippen molar-refractivity contribution in [3.8, 4) is 5.75 Å². The smallest absolute Gasteiger partial charge is 0.331 e. The van der Waals surface area contributed by atoms with Crippen LogP contribution in [-0.2, 0) is 38.1 Å². The van der Waals surface area contributed by atoms with E-state index in [0.29, 0.717) is 11.4 Å². The van der Waals surface area contributed by atoms with Gasteiger partial charge in [0.2, 0.25) is 0 Å². The van der Waals surface area contributed by atoms with E-state index in [-0.39, 0.29) is 13.2 Å². The molecule has 1 heterocycles. The molecule has 1 atom stereocenters. The van der Waals surface area contributed by atoms with E-state index in [0.717, 1.165) is 38.5 Å². The van der Waals surface area contributed by atoms with Crippen LogP contribution in [0.25, 0.3) is 0 Å². The lowest BCUT2D eigenvalue weighted by Crippen LogP contribution is -2.40. The molecule has 11 heteroatoms. The summed E-state index contributed by atoms with van der Waals surface area (Å²) in [5.41, 5.74) is 0.618. The zero-order chi connectivity index (χ0) is 22.6.